The maximum atomic E-state index is 17.7. The first-order valence-corrected chi connectivity index (χ1v) is 16.3. The van der Waals surface area contributed by atoms with Crippen LogP contribution in [0.25, 0.3) is 0 Å². The zero-order valence-corrected chi connectivity index (χ0v) is 27.4. The molecule has 0 aliphatic heterocycles. The van der Waals surface area contributed by atoms with Crippen molar-refractivity contribution in [2.45, 2.75) is 102 Å². The molecule has 0 aromatic heterocycles. The van der Waals surface area contributed by atoms with Gasteiger partial charge in [0, 0.05) is 35.5 Å². The molecule has 2 unspecified atom stereocenters. The molecule has 3 saturated carbocycles. The summed E-state index contributed by atoms with van der Waals surface area (Å²) in [6.07, 6.45) is 3.84. The second-order valence-electron chi connectivity index (χ2n) is 13.7. The first kappa shape index (κ1) is 36.9. The van der Waals surface area contributed by atoms with E-state index in [0.29, 0.717) is 24.8 Å². The van der Waals surface area contributed by atoms with Crippen LogP contribution in [0.5, 0.6) is 0 Å². The van der Waals surface area contributed by atoms with E-state index in [1.54, 1.807) is 20.8 Å². The maximum absolute atomic E-state index is 17.7. The Morgan fingerprint density at radius 2 is 1.65 bits per heavy atom. The lowest BCUT2D eigenvalue weighted by atomic mass is 9.44. The Hall–Kier alpha value is -3.95. The fourth-order valence-electron chi connectivity index (χ4n) is 9.00. The first-order valence-electron chi connectivity index (χ1n) is 16.3. The minimum Gasteiger partial charge on any atom is -0.457 e. The lowest BCUT2D eigenvalue weighted by molar-refractivity contribution is -0.757. The number of hydrogen-bond donors (Lipinski definition) is 1. The van der Waals surface area contributed by atoms with Gasteiger partial charge in [-0.25, -0.2) is 4.39 Å². The summed E-state index contributed by atoms with van der Waals surface area (Å²) in [5.74, 6) is -4.54. The van der Waals surface area contributed by atoms with Crippen LogP contribution in [0.1, 0.15) is 85.0 Å². The van der Waals surface area contributed by atoms with Crippen LogP contribution in [0.4, 0.5) is 4.39 Å². The summed E-state index contributed by atoms with van der Waals surface area (Å²) >= 11 is 0. The van der Waals surface area contributed by atoms with E-state index in [0.717, 1.165) is 0 Å². The predicted octanol–water partition coefficient (Wildman–Crippen LogP) is 3.75. The molecule has 0 aromatic rings. The number of aliphatic hydroxyl groups excluding tert-OH is 1. The number of alkyl halides is 1. The topological polar surface area (TPSA) is 212 Å². The van der Waals surface area contributed by atoms with Crippen LogP contribution in [0.3, 0.4) is 0 Å². The second-order valence-corrected chi connectivity index (χ2v) is 13.7. The third kappa shape index (κ3) is 6.54. The molecule has 8 atom stereocenters. The fraction of sp³-hybridized carbons (Fsp3) is 0.750. The molecular weight excluding hydrogens is 639 g/mol. The summed E-state index contributed by atoms with van der Waals surface area (Å²) in [7, 11) is 0. The molecule has 0 spiro atoms. The zero-order valence-electron chi connectivity index (χ0n) is 27.4. The van der Waals surface area contributed by atoms with E-state index in [4.69, 9.17) is 9.47 Å². The number of rotatable bonds is 16. The number of nitrogens with zero attached hydrogens (tertiary/aromatic N) is 2. The van der Waals surface area contributed by atoms with E-state index in [1.165, 1.54) is 18.2 Å². The monoisotopic (exact) mass is 682 g/mol. The number of allylic oxidation sites excluding steroid dienone is 4. The number of Topliss-reactive ketones (excluding diaryl/α,β-unsaturated/α-hetero) is 1. The number of ketones is 2. The van der Waals surface area contributed by atoms with E-state index in [-0.39, 0.29) is 63.9 Å². The Kier molecular flexibility index (Phi) is 11.0. The van der Waals surface area contributed by atoms with E-state index in [9.17, 15) is 44.5 Å². The van der Waals surface area contributed by atoms with Gasteiger partial charge in [0.25, 0.3) is 10.2 Å². The van der Waals surface area contributed by atoms with Crippen LogP contribution < -0.4 is 0 Å². The van der Waals surface area contributed by atoms with Crippen LogP contribution in [0.15, 0.2) is 23.8 Å². The van der Waals surface area contributed by atoms with Crippen molar-refractivity contribution in [1.29, 1.82) is 0 Å². The quantitative estimate of drug-likeness (QED) is 0.106. The number of carbonyl (C=O) groups excluding carboxylic acids is 4. The molecule has 3 fully saturated rings. The van der Waals surface area contributed by atoms with Gasteiger partial charge in [-0.05, 0) is 69.9 Å². The Morgan fingerprint density at radius 1 is 1.00 bits per heavy atom. The van der Waals surface area contributed by atoms with Crippen LogP contribution in [0, 0.1) is 48.8 Å². The summed E-state index contributed by atoms with van der Waals surface area (Å²) in [5.41, 5.74) is -6.06. The van der Waals surface area contributed by atoms with Crippen molar-refractivity contribution in [1.82, 2.24) is 0 Å². The van der Waals surface area contributed by atoms with Crippen LogP contribution in [-0.2, 0) is 38.3 Å². The lowest BCUT2D eigenvalue weighted by Gasteiger charge is -2.62. The van der Waals surface area contributed by atoms with Gasteiger partial charge < -0.3 is 24.3 Å². The highest BCUT2D eigenvalue weighted by Crippen LogP contribution is 2.71. The van der Waals surface area contributed by atoms with E-state index in [2.05, 4.69) is 9.68 Å². The minimum absolute atomic E-state index is 0.0429. The number of fused-ring (bicyclic) bond motifs is 5. The van der Waals surface area contributed by atoms with Gasteiger partial charge in [0.2, 0.25) is 5.78 Å². The molecule has 1 N–H and O–H groups in total. The number of hydrogen-bond acceptors (Lipinski definition) is 13. The summed E-state index contributed by atoms with van der Waals surface area (Å²) in [5, 5.41) is 30.6. The second kappa shape index (κ2) is 14.3. The highest BCUT2D eigenvalue weighted by Gasteiger charge is 2.77. The number of ether oxygens (including phenoxy) is 2. The standard InChI is InChI=1S/C32H43FN2O13/c1-20-16-24-23-11-10-21-17-22(36)12-13-29(21,2)31(23,33)25(37)18-30(24,3)32(20,48-28(40)8-5-4-6-14-46-34(41)42)26(38)19-45-27(39)9-7-15-47-35(43)44/h12-13,17,20,23-25,37H,4-11,14-16,18-19H2,1-3H3/t20-,23?,24?,25+,29+,30+,31+,32+/m1/s1. The third-order valence-electron chi connectivity index (χ3n) is 11.2. The minimum atomic E-state index is -2.19. The molecular formula is C32H43FN2O13. The lowest BCUT2D eigenvalue weighted by Crippen LogP contribution is -2.70. The summed E-state index contributed by atoms with van der Waals surface area (Å²) in [4.78, 5) is 81.5. The average Bonchev–Trinajstić information content (AvgIpc) is 3.22. The van der Waals surface area contributed by atoms with E-state index >= 15 is 4.39 Å². The fourth-order valence-corrected chi connectivity index (χ4v) is 9.00. The molecule has 4 aliphatic rings. The van der Waals surface area contributed by atoms with E-state index < -0.39 is 80.5 Å². The zero-order chi connectivity index (χ0) is 35.5. The summed E-state index contributed by atoms with van der Waals surface area (Å²) in [6.45, 7) is 3.80. The van der Waals surface area contributed by atoms with Gasteiger partial charge in [-0.15, -0.1) is 20.2 Å². The molecule has 266 valence electrons. The molecule has 0 bridgehead atoms. The largest absolute Gasteiger partial charge is 0.457 e. The van der Waals surface area contributed by atoms with Crippen molar-refractivity contribution in [3.63, 3.8) is 0 Å². The Bertz CT molecular complexity index is 1390. The molecule has 4 rings (SSSR count). The molecule has 48 heavy (non-hydrogen) atoms. The normalized spacial score (nSPS) is 34.9. The van der Waals surface area contributed by atoms with Crippen molar-refractivity contribution in [3.05, 3.63) is 44.0 Å². The maximum Gasteiger partial charge on any atom is 0.306 e. The first-order chi connectivity index (χ1) is 22.5. The van der Waals surface area contributed by atoms with Gasteiger partial charge in [0.1, 0.15) is 0 Å². The van der Waals surface area contributed by atoms with Crippen molar-refractivity contribution < 1.29 is 58.0 Å². The molecule has 15 nitrogen and oxygen atoms in total. The molecule has 0 amide bonds. The van der Waals surface area contributed by atoms with E-state index in [1.807, 2.05) is 0 Å². The summed E-state index contributed by atoms with van der Waals surface area (Å²) < 4.78 is 29.0. The Morgan fingerprint density at radius 3 is 2.31 bits per heavy atom. The van der Waals surface area contributed by atoms with Gasteiger partial charge in [0.05, 0.1) is 19.3 Å². The van der Waals surface area contributed by atoms with Crippen molar-refractivity contribution in [3.8, 4) is 0 Å². The molecule has 16 heteroatoms. The molecule has 0 heterocycles. The predicted molar refractivity (Wildman–Crippen MR) is 161 cm³/mol. The molecule has 0 radical (unpaired) electrons. The van der Waals surface area contributed by atoms with Gasteiger partial charge >= 0.3 is 11.9 Å². The number of carbonyl (C=O) groups is 4. The number of esters is 2. The van der Waals surface area contributed by atoms with Gasteiger partial charge in [-0.3, -0.25) is 19.2 Å². The van der Waals surface area contributed by atoms with Crippen LogP contribution in [-0.4, -0.2) is 76.0 Å². The SMILES string of the molecule is C[C@@H]1CC2C3CCC4=CC(=O)C=C[C@]4(C)[C@@]3(F)[C@@H](O)C[C@]2(C)[C@@]1(OC(=O)CCCCCO[N+](=O)[O-])C(=O)COC(=O)CCCO[N+](=O)[O-]. The smallest absolute Gasteiger partial charge is 0.306 e. The van der Waals surface area contributed by atoms with Crippen molar-refractivity contribution >= 4 is 23.5 Å². The Labute approximate surface area is 276 Å². The highest BCUT2D eigenvalue weighted by atomic mass is 19.1. The van der Waals surface area contributed by atoms with Crippen molar-refractivity contribution in [2.24, 2.45) is 28.6 Å². The van der Waals surface area contributed by atoms with Crippen molar-refractivity contribution in [2.75, 3.05) is 19.8 Å². The molecule has 0 saturated heterocycles. The third-order valence-corrected chi connectivity index (χ3v) is 11.2. The number of unbranched alkanes of at least 4 members (excludes halogenated alkanes) is 2. The average molecular weight is 683 g/mol. The molecule has 0 aromatic carbocycles. The van der Waals surface area contributed by atoms with Crippen LogP contribution >= 0.6 is 0 Å². The Balaban J connectivity index is 1.60. The number of aliphatic hydroxyl groups is 1. The highest BCUT2D eigenvalue weighted by molar-refractivity contribution is 6.01. The number of halogens is 1. The van der Waals surface area contributed by atoms with Gasteiger partial charge in [-0.1, -0.05) is 31.9 Å². The van der Waals surface area contributed by atoms with Gasteiger partial charge in [0.15, 0.2) is 23.7 Å². The summed E-state index contributed by atoms with van der Waals surface area (Å²) in [6, 6.07) is 0. The van der Waals surface area contributed by atoms with Gasteiger partial charge in [-0.2, -0.15) is 0 Å². The van der Waals surface area contributed by atoms with Crippen LogP contribution in [0.2, 0.25) is 0 Å². The molecule has 4 aliphatic carbocycles.